The SMILES string of the molecule is CC.CCc1cc(O)cc(Cl)c1C1CCC1. The van der Waals surface area contributed by atoms with Crippen LogP contribution < -0.4 is 0 Å². The molecule has 1 N–H and O–H groups in total. The van der Waals surface area contributed by atoms with Gasteiger partial charge in [-0.25, -0.2) is 0 Å². The lowest BCUT2D eigenvalue weighted by atomic mass is 9.78. The van der Waals surface area contributed by atoms with E-state index in [1.54, 1.807) is 6.07 Å². The van der Waals surface area contributed by atoms with Crippen LogP contribution in [0.3, 0.4) is 0 Å². The first-order valence-electron chi connectivity index (χ1n) is 6.23. The van der Waals surface area contributed by atoms with Gasteiger partial charge in [-0.05, 0) is 48.4 Å². The molecule has 0 unspecified atom stereocenters. The highest BCUT2D eigenvalue weighted by Gasteiger charge is 2.24. The second-order valence-corrected chi connectivity index (χ2v) is 4.39. The van der Waals surface area contributed by atoms with Crippen LogP contribution in [0.1, 0.15) is 57.1 Å². The van der Waals surface area contributed by atoms with Crippen LogP contribution in [0.2, 0.25) is 5.02 Å². The molecule has 0 amide bonds. The first kappa shape index (κ1) is 13.4. The van der Waals surface area contributed by atoms with Gasteiger partial charge in [0.1, 0.15) is 5.75 Å². The molecule has 0 aliphatic heterocycles. The van der Waals surface area contributed by atoms with E-state index in [0.29, 0.717) is 5.92 Å². The zero-order valence-corrected chi connectivity index (χ0v) is 11.1. The van der Waals surface area contributed by atoms with E-state index in [1.165, 1.54) is 30.4 Å². The fourth-order valence-electron chi connectivity index (χ4n) is 2.11. The number of phenols is 1. The Bertz CT molecular complexity index is 343. The van der Waals surface area contributed by atoms with Gasteiger partial charge >= 0.3 is 0 Å². The van der Waals surface area contributed by atoms with Crippen LogP contribution in [0, 0.1) is 0 Å². The first-order valence-corrected chi connectivity index (χ1v) is 6.61. The van der Waals surface area contributed by atoms with Gasteiger partial charge in [0.25, 0.3) is 0 Å². The summed E-state index contributed by atoms with van der Waals surface area (Å²) in [6.45, 7) is 6.10. The van der Waals surface area contributed by atoms with E-state index in [-0.39, 0.29) is 5.75 Å². The Morgan fingerprint density at radius 1 is 1.31 bits per heavy atom. The zero-order valence-electron chi connectivity index (χ0n) is 10.4. The molecule has 1 aliphatic carbocycles. The van der Waals surface area contributed by atoms with Crippen molar-refractivity contribution >= 4 is 11.6 Å². The molecule has 1 aliphatic rings. The summed E-state index contributed by atoms with van der Waals surface area (Å²) in [7, 11) is 0. The van der Waals surface area contributed by atoms with Crippen molar-refractivity contribution in [2.75, 3.05) is 0 Å². The Morgan fingerprint density at radius 2 is 1.94 bits per heavy atom. The molecule has 2 rings (SSSR count). The summed E-state index contributed by atoms with van der Waals surface area (Å²) in [6, 6.07) is 3.51. The lowest BCUT2D eigenvalue weighted by Crippen LogP contribution is -2.11. The highest BCUT2D eigenvalue weighted by Crippen LogP contribution is 2.42. The largest absolute Gasteiger partial charge is 0.508 e. The van der Waals surface area contributed by atoms with Crippen molar-refractivity contribution in [3.8, 4) is 5.75 Å². The molecule has 90 valence electrons. The average molecular weight is 241 g/mol. The molecule has 0 saturated heterocycles. The lowest BCUT2D eigenvalue weighted by molar-refractivity contribution is 0.416. The molecule has 1 aromatic rings. The molecule has 0 radical (unpaired) electrons. The molecule has 0 atom stereocenters. The van der Waals surface area contributed by atoms with Crippen molar-refractivity contribution in [2.24, 2.45) is 0 Å². The van der Waals surface area contributed by atoms with Gasteiger partial charge in [0.05, 0.1) is 0 Å². The summed E-state index contributed by atoms with van der Waals surface area (Å²) in [5, 5.41) is 10.2. The minimum Gasteiger partial charge on any atom is -0.508 e. The number of phenolic OH excluding ortho intramolecular Hbond substituents is 1. The Kier molecular flexibility index (Phi) is 5.14. The normalized spacial score (nSPS) is 15.0. The highest BCUT2D eigenvalue weighted by molar-refractivity contribution is 6.31. The standard InChI is InChI=1S/C12H15ClO.C2H6/c1-2-8-6-10(14)7-11(13)12(8)9-4-3-5-9;1-2/h6-7,9,14H,2-5H2,1H3;1-2H3. The minimum absolute atomic E-state index is 0.287. The number of hydrogen-bond donors (Lipinski definition) is 1. The van der Waals surface area contributed by atoms with Crippen molar-refractivity contribution in [2.45, 2.75) is 52.4 Å². The quantitative estimate of drug-likeness (QED) is 0.780. The number of aryl methyl sites for hydroxylation is 1. The number of aromatic hydroxyl groups is 1. The molecule has 1 saturated carbocycles. The smallest absolute Gasteiger partial charge is 0.117 e. The van der Waals surface area contributed by atoms with E-state index in [2.05, 4.69) is 6.92 Å². The predicted octanol–water partition coefficient (Wildman–Crippen LogP) is 4.90. The van der Waals surface area contributed by atoms with Gasteiger partial charge in [-0.3, -0.25) is 0 Å². The maximum absolute atomic E-state index is 9.44. The van der Waals surface area contributed by atoms with Crippen LogP contribution in [-0.2, 0) is 6.42 Å². The molecule has 1 nitrogen and oxygen atoms in total. The molecule has 0 heterocycles. The van der Waals surface area contributed by atoms with Crippen LogP contribution >= 0.6 is 11.6 Å². The van der Waals surface area contributed by atoms with Crippen LogP contribution in [-0.4, -0.2) is 5.11 Å². The molecular weight excluding hydrogens is 220 g/mol. The molecule has 2 heteroatoms. The van der Waals surface area contributed by atoms with Gasteiger partial charge in [-0.15, -0.1) is 0 Å². The predicted molar refractivity (Wildman–Crippen MR) is 70.4 cm³/mol. The third-order valence-electron chi connectivity index (χ3n) is 3.09. The minimum atomic E-state index is 0.287. The topological polar surface area (TPSA) is 20.2 Å². The highest BCUT2D eigenvalue weighted by atomic mass is 35.5. The van der Waals surface area contributed by atoms with Gasteiger partial charge < -0.3 is 5.11 Å². The van der Waals surface area contributed by atoms with E-state index in [0.717, 1.165) is 11.4 Å². The number of rotatable bonds is 2. The van der Waals surface area contributed by atoms with Crippen molar-refractivity contribution in [1.29, 1.82) is 0 Å². The van der Waals surface area contributed by atoms with Crippen molar-refractivity contribution < 1.29 is 5.11 Å². The molecule has 0 spiro atoms. The van der Waals surface area contributed by atoms with E-state index < -0.39 is 0 Å². The van der Waals surface area contributed by atoms with E-state index in [4.69, 9.17) is 11.6 Å². The lowest BCUT2D eigenvalue weighted by Gasteiger charge is -2.28. The Hall–Kier alpha value is -0.690. The van der Waals surface area contributed by atoms with Gasteiger partial charge in [0, 0.05) is 5.02 Å². The van der Waals surface area contributed by atoms with Crippen LogP contribution in [0.15, 0.2) is 12.1 Å². The molecule has 1 aromatic carbocycles. The number of hydrogen-bond acceptors (Lipinski definition) is 1. The molecule has 0 bridgehead atoms. The maximum atomic E-state index is 9.44. The van der Waals surface area contributed by atoms with Crippen LogP contribution in [0.25, 0.3) is 0 Å². The fourth-order valence-corrected chi connectivity index (χ4v) is 2.49. The Morgan fingerprint density at radius 3 is 2.38 bits per heavy atom. The van der Waals surface area contributed by atoms with Crippen LogP contribution in [0.5, 0.6) is 5.75 Å². The van der Waals surface area contributed by atoms with Gasteiger partial charge in [-0.2, -0.15) is 0 Å². The van der Waals surface area contributed by atoms with Crippen molar-refractivity contribution in [3.63, 3.8) is 0 Å². The third kappa shape index (κ3) is 2.70. The Balaban J connectivity index is 0.000000606. The third-order valence-corrected chi connectivity index (χ3v) is 3.41. The van der Waals surface area contributed by atoms with Gasteiger partial charge in [0.2, 0.25) is 0 Å². The molecule has 0 aromatic heterocycles. The summed E-state index contributed by atoms with van der Waals surface area (Å²) >= 11 is 6.16. The maximum Gasteiger partial charge on any atom is 0.117 e. The summed E-state index contributed by atoms with van der Waals surface area (Å²) in [4.78, 5) is 0. The van der Waals surface area contributed by atoms with Gasteiger partial charge in [-0.1, -0.05) is 38.8 Å². The number of halogens is 1. The average Bonchev–Trinajstić information content (AvgIpc) is 2.22. The summed E-state index contributed by atoms with van der Waals surface area (Å²) in [5.74, 6) is 0.924. The van der Waals surface area contributed by atoms with E-state index in [9.17, 15) is 5.11 Å². The summed E-state index contributed by atoms with van der Waals surface area (Å²) in [5.41, 5.74) is 2.48. The van der Waals surface area contributed by atoms with Crippen molar-refractivity contribution in [1.82, 2.24) is 0 Å². The molecular formula is C14H21ClO. The summed E-state index contributed by atoms with van der Waals surface area (Å²) < 4.78 is 0. The van der Waals surface area contributed by atoms with E-state index >= 15 is 0 Å². The monoisotopic (exact) mass is 240 g/mol. The molecule has 1 fully saturated rings. The zero-order chi connectivity index (χ0) is 12.1. The van der Waals surface area contributed by atoms with E-state index in [1.807, 2.05) is 19.9 Å². The second-order valence-electron chi connectivity index (χ2n) is 3.98. The van der Waals surface area contributed by atoms with Gasteiger partial charge in [0.15, 0.2) is 0 Å². The second kappa shape index (κ2) is 6.15. The van der Waals surface area contributed by atoms with Crippen molar-refractivity contribution in [3.05, 3.63) is 28.3 Å². The first-order chi connectivity index (χ1) is 7.72. The summed E-state index contributed by atoms with van der Waals surface area (Å²) in [6.07, 6.45) is 4.75. The number of benzene rings is 1. The fraction of sp³-hybridized carbons (Fsp3) is 0.571. The van der Waals surface area contributed by atoms with Crippen LogP contribution in [0.4, 0.5) is 0 Å². The molecule has 16 heavy (non-hydrogen) atoms. The Labute approximate surface area is 103 Å².